The smallest absolute Gasteiger partial charge is 0.349 e. The third-order valence-corrected chi connectivity index (χ3v) is 5.90. The van der Waals surface area contributed by atoms with Crippen LogP contribution in [0.1, 0.15) is 5.56 Å². The fourth-order valence-corrected chi connectivity index (χ4v) is 3.85. The van der Waals surface area contributed by atoms with Crippen LogP contribution in [0.2, 0.25) is 0 Å². The SMILES string of the molecule is Cc1cc2nc3c(=O)[nH]c(=O)nc-3n(C[C@H](O)[C@H](O)[C@H](O)CO)c2cc1N=Nc1ccc([N+](=O)[O-])cc1[N+](=O)[O-]. The number of hydrogen-bond donors (Lipinski definition) is 5. The molecular weight excluding hydrogens is 536 g/mol. The van der Waals surface area contributed by atoms with Gasteiger partial charge in [-0.2, -0.15) is 4.98 Å². The van der Waals surface area contributed by atoms with Crippen LogP contribution in [-0.4, -0.2) is 74.7 Å². The Bertz CT molecular complexity index is 1750. The number of fused-ring (bicyclic) bond motifs is 2. The van der Waals surface area contributed by atoms with Crippen LogP contribution in [0.25, 0.3) is 22.6 Å². The summed E-state index contributed by atoms with van der Waals surface area (Å²) in [5, 5.41) is 69.9. The van der Waals surface area contributed by atoms with Gasteiger partial charge in [0.1, 0.15) is 18.3 Å². The van der Waals surface area contributed by atoms with Gasteiger partial charge in [0.05, 0.1) is 45.8 Å². The molecule has 40 heavy (non-hydrogen) atoms. The first kappa shape index (κ1) is 28.0. The van der Waals surface area contributed by atoms with Crippen molar-refractivity contribution in [2.45, 2.75) is 31.8 Å². The highest BCUT2D eigenvalue weighted by atomic mass is 16.6. The standard InChI is InChI=1S/C22H20N8O10/c1-9-4-13-14(6-12(9)27-26-11-3-2-10(29(37)38)5-15(11)30(39)40)28(7-16(32)19(34)17(33)8-31)20-18(23-13)21(35)25-22(36)24-20/h2-6,16-17,19,31-34H,7-8H2,1H3,(H,25,35,36)/t16-,17+,19-/m0/s1. The number of benzene rings is 2. The number of nitrogens with one attached hydrogen (secondary N) is 1. The molecule has 0 fully saturated rings. The number of azo groups is 1. The number of aromatic nitrogens is 4. The summed E-state index contributed by atoms with van der Waals surface area (Å²) in [5.41, 5.74) is -2.77. The molecule has 2 aliphatic heterocycles. The molecule has 2 aliphatic rings. The van der Waals surface area contributed by atoms with E-state index in [9.17, 15) is 45.1 Å². The highest BCUT2D eigenvalue weighted by molar-refractivity contribution is 5.83. The maximum absolute atomic E-state index is 12.4. The van der Waals surface area contributed by atoms with E-state index in [1.54, 1.807) is 6.92 Å². The van der Waals surface area contributed by atoms with Crippen LogP contribution >= 0.6 is 0 Å². The molecule has 208 valence electrons. The van der Waals surface area contributed by atoms with Crippen molar-refractivity contribution >= 4 is 33.8 Å². The number of aromatic amines is 1. The van der Waals surface area contributed by atoms with Crippen molar-refractivity contribution in [2.75, 3.05) is 6.61 Å². The van der Waals surface area contributed by atoms with E-state index in [2.05, 4.69) is 20.2 Å². The maximum Gasteiger partial charge on any atom is 0.349 e. The number of nitro groups is 2. The zero-order valence-corrected chi connectivity index (χ0v) is 20.4. The zero-order chi connectivity index (χ0) is 29.3. The van der Waals surface area contributed by atoms with E-state index in [0.29, 0.717) is 5.56 Å². The predicted octanol–water partition coefficient (Wildman–Crippen LogP) is 0.200. The summed E-state index contributed by atoms with van der Waals surface area (Å²) in [4.78, 5) is 55.2. The summed E-state index contributed by atoms with van der Waals surface area (Å²) in [7, 11) is 0. The van der Waals surface area contributed by atoms with Gasteiger partial charge in [-0.15, -0.1) is 10.2 Å². The van der Waals surface area contributed by atoms with Gasteiger partial charge in [-0.25, -0.2) is 9.78 Å². The van der Waals surface area contributed by atoms with E-state index < -0.39 is 63.9 Å². The number of nitro benzene ring substituents is 2. The number of H-pyrrole nitrogens is 1. The number of aryl methyl sites for hydroxylation is 1. The first-order valence-corrected chi connectivity index (χ1v) is 11.4. The molecule has 3 atom stereocenters. The Hall–Kier alpha value is -5.04. The molecule has 5 N–H and O–H groups in total. The number of rotatable bonds is 9. The average Bonchev–Trinajstić information content (AvgIpc) is 2.91. The molecule has 0 unspecified atom stereocenters. The van der Waals surface area contributed by atoms with Crippen molar-refractivity contribution < 1.29 is 30.3 Å². The second-order valence-corrected chi connectivity index (χ2v) is 8.59. The maximum atomic E-state index is 12.4. The van der Waals surface area contributed by atoms with Crippen molar-refractivity contribution in [1.29, 1.82) is 0 Å². The number of aliphatic hydroxyl groups excluding tert-OH is 4. The van der Waals surface area contributed by atoms with Gasteiger partial charge in [-0.1, -0.05) is 0 Å². The summed E-state index contributed by atoms with van der Waals surface area (Å²) in [5.74, 6) is -0.274. The molecule has 2 heterocycles. The molecule has 0 spiro atoms. The van der Waals surface area contributed by atoms with Crippen LogP contribution in [0, 0.1) is 27.2 Å². The quantitative estimate of drug-likeness (QED) is 0.0800. The summed E-state index contributed by atoms with van der Waals surface area (Å²) >= 11 is 0. The van der Waals surface area contributed by atoms with Gasteiger partial charge in [0, 0.05) is 6.07 Å². The first-order chi connectivity index (χ1) is 18.9. The van der Waals surface area contributed by atoms with E-state index in [4.69, 9.17) is 5.11 Å². The molecule has 2 aromatic carbocycles. The Labute approximate surface area is 221 Å². The van der Waals surface area contributed by atoms with Crippen molar-refractivity contribution in [2.24, 2.45) is 10.2 Å². The molecule has 0 radical (unpaired) electrons. The lowest BCUT2D eigenvalue weighted by Crippen LogP contribution is -2.42. The number of non-ortho nitro benzene ring substituents is 1. The van der Waals surface area contributed by atoms with Gasteiger partial charge in [0.25, 0.3) is 11.2 Å². The molecule has 4 rings (SSSR count). The lowest BCUT2D eigenvalue weighted by atomic mass is 10.1. The van der Waals surface area contributed by atoms with Crippen LogP contribution in [0.3, 0.4) is 0 Å². The fourth-order valence-electron chi connectivity index (χ4n) is 3.85. The van der Waals surface area contributed by atoms with Crippen molar-refractivity contribution in [3.05, 3.63) is 77.0 Å². The Morgan fingerprint density at radius 2 is 1.70 bits per heavy atom. The molecule has 0 saturated carbocycles. The minimum atomic E-state index is -1.82. The summed E-state index contributed by atoms with van der Waals surface area (Å²) in [6.45, 7) is 0.201. The Morgan fingerprint density at radius 1 is 1.00 bits per heavy atom. The van der Waals surface area contributed by atoms with E-state index in [1.807, 2.05) is 4.98 Å². The van der Waals surface area contributed by atoms with Crippen LogP contribution in [0.15, 0.2) is 50.1 Å². The molecular formula is C22H20N8O10. The lowest BCUT2D eigenvalue weighted by Gasteiger charge is -2.25. The minimum absolute atomic E-state index is 0.118. The van der Waals surface area contributed by atoms with Gasteiger partial charge in [-0.05, 0) is 30.7 Å². The van der Waals surface area contributed by atoms with Crippen molar-refractivity contribution in [3.63, 3.8) is 0 Å². The van der Waals surface area contributed by atoms with Gasteiger partial charge in [0.15, 0.2) is 17.2 Å². The van der Waals surface area contributed by atoms with E-state index >= 15 is 0 Å². The molecule has 0 aromatic heterocycles. The molecule has 18 heteroatoms. The topological polar surface area (TPSA) is 273 Å². The largest absolute Gasteiger partial charge is 0.394 e. The minimum Gasteiger partial charge on any atom is -0.394 e. The third kappa shape index (κ3) is 5.40. The number of aliphatic hydroxyl groups is 4. The predicted molar refractivity (Wildman–Crippen MR) is 135 cm³/mol. The van der Waals surface area contributed by atoms with Crippen LogP contribution in [0.4, 0.5) is 22.7 Å². The summed E-state index contributed by atoms with van der Waals surface area (Å²) in [6, 6.07) is 5.66. The van der Waals surface area contributed by atoms with Gasteiger partial charge < -0.3 is 25.0 Å². The number of hydrogen-bond acceptors (Lipinski definition) is 14. The zero-order valence-electron chi connectivity index (χ0n) is 20.4. The highest BCUT2D eigenvalue weighted by Gasteiger charge is 2.28. The van der Waals surface area contributed by atoms with Crippen LogP contribution in [-0.2, 0) is 6.54 Å². The Kier molecular flexibility index (Phi) is 7.68. The monoisotopic (exact) mass is 556 g/mol. The van der Waals surface area contributed by atoms with Gasteiger partial charge in [0.2, 0.25) is 0 Å². The first-order valence-electron chi connectivity index (χ1n) is 11.4. The third-order valence-electron chi connectivity index (χ3n) is 5.90. The average molecular weight is 556 g/mol. The van der Waals surface area contributed by atoms with Gasteiger partial charge in [-0.3, -0.25) is 30.0 Å². The molecule has 0 aliphatic carbocycles. The van der Waals surface area contributed by atoms with E-state index in [-0.39, 0.29) is 33.9 Å². The second kappa shape index (κ2) is 11.0. The van der Waals surface area contributed by atoms with E-state index in [1.165, 1.54) is 16.7 Å². The Morgan fingerprint density at radius 3 is 2.35 bits per heavy atom. The summed E-state index contributed by atoms with van der Waals surface area (Å²) in [6.07, 6.45) is -5.24. The summed E-state index contributed by atoms with van der Waals surface area (Å²) < 4.78 is 1.18. The lowest BCUT2D eigenvalue weighted by molar-refractivity contribution is -0.393. The fraction of sp³-hybridized carbons (Fsp3) is 0.273. The van der Waals surface area contributed by atoms with Crippen LogP contribution < -0.4 is 11.2 Å². The molecule has 18 nitrogen and oxygen atoms in total. The normalized spacial score (nSPS) is 14.0. The second-order valence-electron chi connectivity index (χ2n) is 8.59. The Balaban J connectivity index is 1.90. The van der Waals surface area contributed by atoms with Gasteiger partial charge >= 0.3 is 11.4 Å². The van der Waals surface area contributed by atoms with Crippen molar-refractivity contribution in [1.82, 2.24) is 19.5 Å². The molecule has 2 aromatic rings. The van der Waals surface area contributed by atoms with E-state index in [0.717, 1.165) is 18.2 Å². The van der Waals surface area contributed by atoms with Crippen molar-refractivity contribution in [3.8, 4) is 11.5 Å². The molecule has 0 amide bonds. The highest BCUT2D eigenvalue weighted by Crippen LogP contribution is 2.34. The van der Waals surface area contributed by atoms with Crippen LogP contribution in [0.5, 0.6) is 0 Å². The molecule has 0 bridgehead atoms. The molecule has 0 saturated heterocycles. The number of nitrogens with zero attached hydrogens (tertiary/aromatic N) is 7.